The van der Waals surface area contributed by atoms with Gasteiger partial charge in [0.05, 0.1) is 19.2 Å². The molecule has 7 nitrogen and oxygen atoms in total. The Balaban J connectivity index is 1.53. The topological polar surface area (TPSA) is 87.7 Å². The number of nitrogens with one attached hydrogen (secondary N) is 2. The molecule has 0 radical (unpaired) electrons. The van der Waals surface area contributed by atoms with Crippen LogP contribution in [-0.4, -0.2) is 38.5 Å². The zero-order valence-corrected chi connectivity index (χ0v) is 17.3. The third-order valence-corrected chi connectivity index (χ3v) is 4.62. The summed E-state index contributed by atoms with van der Waals surface area (Å²) in [7, 11) is 3.04. The SMILES string of the molecule is COC(=O)c1ccc(NCC(=O)Nc2ccc(C(=O)N(C)c3ccccc3)cc2)cc1. The van der Waals surface area contributed by atoms with Gasteiger partial charge in [-0.3, -0.25) is 9.59 Å². The standard InChI is InChI=1S/C24H23N3O4/c1-27(21-6-4-3-5-7-21)23(29)17-8-14-20(15-9-17)26-22(28)16-25-19-12-10-18(11-13-19)24(30)31-2/h3-15,25H,16H2,1-2H3,(H,26,28). The van der Waals surface area contributed by atoms with Gasteiger partial charge in [-0.25, -0.2) is 4.79 Å². The van der Waals surface area contributed by atoms with Gasteiger partial charge in [-0.15, -0.1) is 0 Å². The van der Waals surface area contributed by atoms with E-state index in [4.69, 9.17) is 0 Å². The molecule has 0 spiro atoms. The number of nitrogens with zero attached hydrogens (tertiary/aromatic N) is 1. The minimum Gasteiger partial charge on any atom is -0.465 e. The van der Waals surface area contributed by atoms with Gasteiger partial charge in [0, 0.05) is 29.7 Å². The van der Waals surface area contributed by atoms with Gasteiger partial charge in [-0.05, 0) is 60.7 Å². The molecule has 31 heavy (non-hydrogen) atoms. The lowest BCUT2D eigenvalue weighted by Crippen LogP contribution is -2.26. The minimum atomic E-state index is -0.416. The zero-order valence-electron chi connectivity index (χ0n) is 17.3. The number of ether oxygens (including phenoxy) is 1. The maximum atomic E-state index is 12.6. The number of carbonyl (C=O) groups excluding carboxylic acids is 3. The largest absolute Gasteiger partial charge is 0.465 e. The van der Waals surface area contributed by atoms with Gasteiger partial charge in [-0.1, -0.05) is 18.2 Å². The Labute approximate surface area is 180 Å². The van der Waals surface area contributed by atoms with E-state index in [-0.39, 0.29) is 18.4 Å². The number of methoxy groups -OCH3 is 1. The molecule has 3 aromatic rings. The van der Waals surface area contributed by atoms with E-state index < -0.39 is 5.97 Å². The van der Waals surface area contributed by atoms with Crippen LogP contribution >= 0.6 is 0 Å². The predicted octanol–water partition coefficient (Wildman–Crippen LogP) is 3.80. The Morgan fingerprint density at radius 3 is 2.00 bits per heavy atom. The molecule has 0 fully saturated rings. The third-order valence-electron chi connectivity index (χ3n) is 4.62. The minimum absolute atomic E-state index is 0.0506. The van der Waals surface area contributed by atoms with Crippen molar-refractivity contribution in [3.8, 4) is 0 Å². The molecule has 2 N–H and O–H groups in total. The number of anilines is 3. The van der Waals surface area contributed by atoms with Gasteiger partial charge in [0.25, 0.3) is 5.91 Å². The number of esters is 1. The molecule has 7 heteroatoms. The Morgan fingerprint density at radius 2 is 1.39 bits per heavy atom. The van der Waals surface area contributed by atoms with Gasteiger partial charge in [-0.2, -0.15) is 0 Å². The van der Waals surface area contributed by atoms with Crippen molar-refractivity contribution in [2.75, 3.05) is 36.2 Å². The highest BCUT2D eigenvalue weighted by atomic mass is 16.5. The molecule has 0 saturated carbocycles. The molecule has 0 aromatic heterocycles. The van der Waals surface area contributed by atoms with E-state index >= 15 is 0 Å². The summed E-state index contributed by atoms with van der Waals surface area (Å²) >= 11 is 0. The van der Waals surface area contributed by atoms with Gasteiger partial charge in [0.2, 0.25) is 5.91 Å². The molecule has 0 aliphatic heterocycles. The van der Waals surface area contributed by atoms with E-state index in [2.05, 4.69) is 15.4 Å². The predicted molar refractivity (Wildman–Crippen MR) is 121 cm³/mol. The van der Waals surface area contributed by atoms with Crippen molar-refractivity contribution >= 4 is 34.8 Å². The summed E-state index contributed by atoms with van der Waals surface area (Å²) in [4.78, 5) is 37.8. The van der Waals surface area contributed by atoms with E-state index in [0.717, 1.165) is 5.69 Å². The van der Waals surface area contributed by atoms with Crippen molar-refractivity contribution in [3.05, 3.63) is 90.0 Å². The second kappa shape index (κ2) is 10.1. The Morgan fingerprint density at radius 1 is 0.806 bits per heavy atom. The van der Waals surface area contributed by atoms with Crippen LogP contribution in [0.5, 0.6) is 0 Å². The highest BCUT2D eigenvalue weighted by molar-refractivity contribution is 6.06. The van der Waals surface area contributed by atoms with Gasteiger partial charge in [0.1, 0.15) is 0 Å². The third kappa shape index (κ3) is 5.70. The van der Waals surface area contributed by atoms with Crippen molar-refractivity contribution in [2.24, 2.45) is 0 Å². The van der Waals surface area contributed by atoms with Crippen LogP contribution in [0.2, 0.25) is 0 Å². The van der Waals surface area contributed by atoms with Crippen LogP contribution in [0.1, 0.15) is 20.7 Å². The summed E-state index contributed by atoms with van der Waals surface area (Å²) in [5.41, 5.74) is 3.05. The van der Waals surface area contributed by atoms with E-state index in [0.29, 0.717) is 22.5 Å². The molecule has 3 aromatic carbocycles. The van der Waals surface area contributed by atoms with Crippen molar-refractivity contribution in [2.45, 2.75) is 0 Å². The van der Waals surface area contributed by atoms with Crippen LogP contribution in [0.4, 0.5) is 17.1 Å². The molecule has 0 aliphatic carbocycles. The Kier molecular flexibility index (Phi) is 7.01. The Bertz CT molecular complexity index is 1050. The molecule has 158 valence electrons. The highest BCUT2D eigenvalue weighted by Gasteiger charge is 2.13. The van der Waals surface area contributed by atoms with Crippen molar-refractivity contribution < 1.29 is 19.1 Å². The van der Waals surface area contributed by atoms with E-state index in [9.17, 15) is 14.4 Å². The lowest BCUT2D eigenvalue weighted by Gasteiger charge is -2.17. The van der Waals surface area contributed by atoms with Gasteiger partial charge < -0.3 is 20.3 Å². The molecule has 0 heterocycles. The number of benzene rings is 3. The zero-order chi connectivity index (χ0) is 22.2. The second-order valence-corrected chi connectivity index (χ2v) is 6.75. The molecular weight excluding hydrogens is 394 g/mol. The lowest BCUT2D eigenvalue weighted by atomic mass is 10.1. The molecule has 0 unspecified atom stereocenters. The Hall–Kier alpha value is -4.13. The fraction of sp³-hybridized carbons (Fsp3) is 0.125. The maximum Gasteiger partial charge on any atom is 0.337 e. The molecule has 0 bridgehead atoms. The number of hydrogen-bond donors (Lipinski definition) is 2. The fourth-order valence-electron chi connectivity index (χ4n) is 2.89. The smallest absolute Gasteiger partial charge is 0.337 e. The molecule has 0 aliphatic rings. The van der Waals surface area contributed by atoms with Crippen LogP contribution in [0.3, 0.4) is 0 Å². The van der Waals surface area contributed by atoms with Crippen LogP contribution in [-0.2, 0) is 9.53 Å². The van der Waals surface area contributed by atoms with Crippen LogP contribution < -0.4 is 15.5 Å². The first-order chi connectivity index (χ1) is 15.0. The average Bonchev–Trinajstić information content (AvgIpc) is 2.82. The number of carbonyl (C=O) groups is 3. The molecule has 3 rings (SSSR count). The second-order valence-electron chi connectivity index (χ2n) is 6.75. The van der Waals surface area contributed by atoms with Crippen molar-refractivity contribution in [1.29, 1.82) is 0 Å². The molecule has 0 atom stereocenters. The average molecular weight is 417 g/mol. The molecule has 0 saturated heterocycles. The highest BCUT2D eigenvalue weighted by Crippen LogP contribution is 2.17. The van der Waals surface area contributed by atoms with E-state index in [1.54, 1.807) is 60.5 Å². The fourth-order valence-corrected chi connectivity index (χ4v) is 2.89. The molecule has 2 amide bonds. The van der Waals surface area contributed by atoms with Crippen LogP contribution in [0.25, 0.3) is 0 Å². The lowest BCUT2D eigenvalue weighted by molar-refractivity contribution is -0.114. The summed E-state index contributed by atoms with van der Waals surface area (Å²) in [6.45, 7) is 0.0506. The molecular formula is C24H23N3O4. The van der Waals surface area contributed by atoms with Crippen molar-refractivity contribution in [3.63, 3.8) is 0 Å². The summed E-state index contributed by atoms with van der Waals surface area (Å²) in [5, 5.41) is 5.76. The van der Waals surface area contributed by atoms with E-state index in [1.165, 1.54) is 7.11 Å². The first-order valence-corrected chi connectivity index (χ1v) is 9.63. The summed E-state index contributed by atoms with van der Waals surface area (Å²) in [5.74, 6) is -0.792. The number of amides is 2. The van der Waals surface area contributed by atoms with Crippen LogP contribution in [0, 0.1) is 0 Å². The van der Waals surface area contributed by atoms with Crippen molar-refractivity contribution in [1.82, 2.24) is 0 Å². The number of rotatable bonds is 7. The first-order valence-electron chi connectivity index (χ1n) is 9.63. The van der Waals surface area contributed by atoms with E-state index in [1.807, 2.05) is 30.3 Å². The number of hydrogen-bond acceptors (Lipinski definition) is 5. The van der Waals surface area contributed by atoms with Crippen LogP contribution in [0.15, 0.2) is 78.9 Å². The van der Waals surface area contributed by atoms with Gasteiger partial charge >= 0.3 is 5.97 Å². The first kappa shape index (κ1) is 21.6. The summed E-state index contributed by atoms with van der Waals surface area (Å²) in [6, 6.07) is 22.7. The summed E-state index contributed by atoms with van der Waals surface area (Å²) in [6.07, 6.45) is 0. The van der Waals surface area contributed by atoms with Gasteiger partial charge in [0.15, 0.2) is 0 Å². The quantitative estimate of drug-likeness (QED) is 0.571. The monoisotopic (exact) mass is 417 g/mol. The number of para-hydroxylation sites is 1. The summed E-state index contributed by atoms with van der Waals surface area (Å²) < 4.78 is 4.65. The maximum absolute atomic E-state index is 12.6. The normalized spacial score (nSPS) is 10.1.